The molecular weight excluding hydrogens is 270 g/mol. The second-order valence-corrected chi connectivity index (χ2v) is 0. The normalized spacial score (nSPS) is 0.800. The molecule has 0 saturated heterocycles. The minimum Gasteiger partial charge on any atom is -1.00 e. The predicted octanol–water partition coefficient (Wildman–Crippen LogP) is -1.89. The van der Waals surface area contributed by atoms with Crippen LogP contribution in [-0.2, 0) is 17.1 Å². The summed E-state index contributed by atoms with van der Waals surface area (Å²) in [6.45, 7) is 28.5. The van der Waals surface area contributed by atoms with Crippen molar-refractivity contribution in [3.8, 4) is 0 Å². The Morgan fingerprint density at radius 2 is 0.467 bits per heavy atom. The summed E-state index contributed by atoms with van der Waals surface area (Å²) in [7, 11) is 0. The topological polar surface area (TPSA) is 143 Å². The fourth-order valence-corrected chi connectivity index (χ4v) is 0. The molecule has 0 bridgehead atoms. The monoisotopic (exact) mass is 272 g/mol. The van der Waals surface area contributed by atoms with Gasteiger partial charge in [-0.15, -0.1) is 12.4 Å². The first kappa shape index (κ1) is 99.1. The molecule has 0 aliphatic carbocycles. The summed E-state index contributed by atoms with van der Waals surface area (Å²) in [4.78, 5) is 0. The molecular formula is C6H2ClFeN6Na. The zero-order chi connectivity index (χ0) is 12.0. The summed E-state index contributed by atoms with van der Waals surface area (Å²) in [6, 6.07) is 0. The first-order valence-corrected chi connectivity index (χ1v) is 1.34. The van der Waals surface area contributed by atoms with Crippen LogP contribution >= 0.6 is 12.4 Å². The fraction of sp³-hybridized carbons (Fsp3) is 0. The number of rotatable bonds is 0. The van der Waals surface area contributed by atoms with E-state index in [9.17, 15) is 0 Å². The molecule has 0 spiro atoms. The molecule has 72 valence electrons. The van der Waals surface area contributed by atoms with Gasteiger partial charge in [-0.1, -0.05) is 0 Å². The third-order valence-electron chi connectivity index (χ3n) is 0. The quantitative estimate of drug-likeness (QED) is 0.372. The molecule has 0 N–H and O–H groups in total. The molecule has 0 heterocycles. The first-order chi connectivity index (χ1) is 6.00. The molecule has 0 aliphatic heterocycles. The van der Waals surface area contributed by atoms with Crippen molar-refractivity contribution in [3.05, 3.63) is 39.4 Å². The van der Waals surface area contributed by atoms with Gasteiger partial charge < -0.3 is 72.4 Å². The van der Waals surface area contributed by atoms with Crippen LogP contribution < -0.4 is 29.6 Å². The van der Waals surface area contributed by atoms with Crippen molar-refractivity contribution >= 4 is 12.4 Å². The number of hydrogen-bond acceptors (Lipinski definition) is 6. The van der Waals surface area contributed by atoms with E-state index in [1.54, 1.807) is 0 Å². The molecule has 0 aliphatic rings. The largest absolute Gasteiger partial charge is 6.00 e. The molecule has 0 radical (unpaired) electrons. The average molecular weight is 272 g/mol. The smallest absolute Gasteiger partial charge is 1.00 e. The standard InChI is InChI=1S/6CN.ClH.Fe.Na.H/c6*1-2;;;;/h;;;;;;1H;;;/q6*-1;;+6;+1;-1. The molecule has 0 fully saturated rings. The van der Waals surface area contributed by atoms with Crippen LogP contribution in [0, 0.1) is 71.0 Å². The summed E-state index contributed by atoms with van der Waals surface area (Å²) in [5, 5.41) is 37.5. The van der Waals surface area contributed by atoms with Gasteiger partial charge in [0.25, 0.3) is 0 Å². The van der Waals surface area contributed by atoms with Crippen LogP contribution in [0.4, 0.5) is 0 Å². The van der Waals surface area contributed by atoms with Crippen molar-refractivity contribution in [1.29, 1.82) is 31.6 Å². The van der Waals surface area contributed by atoms with Gasteiger partial charge >= 0.3 is 46.6 Å². The van der Waals surface area contributed by atoms with Crippen LogP contribution in [0.2, 0.25) is 0 Å². The van der Waals surface area contributed by atoms with Crippen LogP contribution in [0.1, 0.15) is 1.43 Å². The molecule has 0 saturated carbocycles. The van der Waals surface area contributed by atoms with Crippen LogP contribution in [0.25, 0.3) is 0 Å². The summed E-state index contributed by atoms with van der Waals surface area (Å²) in [6.07, 6.45) is 0. The van der Waals surface area contributed by atoms with Gasteiger partial charge in [-0.3, -0.25) is 0 Å². The van der Waals surface area contributed by atoms with Gasteiger partial charge in [-0.05, 0) is 0 Å². The van der Waals surface area contributed by atoms with Crippen molar-refractivity contribution < 1.29 is 48.1 Å². The van der Waals surface area contributed by atoms with Crippen LogP contribution in [-0.4, -0.2) is 0 Å². The third-order valence-corrected chi connectivity index (χ3v) is 0. The second kappa shape index (κ2) is 1130. The van der Waals surface area contributed by atoms with E-state index in [0.717, 1.165) is 0 Å². The van der Waals surface area contributed by atoms with E-state index < -0.39 is 0 Å². The van der Waals surface area contributed by atoms with Crippen molar-refractivity contribution in [2.75, 3.05) is 0 Å². The Hall–Kier alpha value is -1.25. The van der Waals surface area contributed by atoms with E-state index in [4.69, 9.17) is 71.0 Å². The maximum absolute atomic E-state index is 6.25. The molecule has 9 heteroatoms. The zero-order valence-electron chi connectivity index (χ0n) is 8.45. The van der Waals surface area contributed by atoms with Gasteiger partial charge in [0, 0.05) is 0 Å². The fourth-order valence-electron chi connectivity index (χ4n) is 0. The molecule has 0 unspecified atom stereocenters. The molecule has 6 nitrogen and oxygen atoms in total. The summed E-state index contributed by atoms with van der Waals surface area (Å²) in [5.41, 5.74) is 0. The van der Waals surface area contributed by atoms with E-state index in [1.165, 1.54) is 0 Å². The van der Waals surface area contributed by atoms with Crippen molar-refractivity contribution in [1.82, 2.24) is 0 Å². The Balaban J connectivity index is -0.00000000321. The summed E-state index contributed by atoms with van der Waals surface area (Å²) < 4.78 is 0. The average Bonchev–Trinajstić information content (AvgIpc) is 2.33. The van der Waals surface area contributed by atoms with Gasteiger partial charge in [0.1, 0.15) is 0 Å². The Kier molecular flexibility index (Phi) is 7430. The number of hydrogen-bond donors (Lipinski definition) is 0. The summed E-state index contributed by atoms with van der Waals surface area (Å²) in [5.74, 6) is 0. The predicted molar refractivity (Wildman–Crippen MR) is 38.2 cm³/mol. The molecule has 0 aromatic carbocycles. The molecule has 0 rings (SSSR count). The molecule has 0 atom stereocenters. The third kappa shape index (κ3) is 942. The van der Waals surface area contributed by atoms with Gasteiger partial charge in [0.15, 0.2) is 0 Å². The van der Waals surface area contributed by atoms with Crippen molar-refractivity contribution in [2.45, 2.75) is 0 Å². The minimum atomic E-state index is 0. The minimum absolute atomic E-state index is 0. The maximum Gasteiger partial charge on any atom is 6.00 e. The Labute approximate surface area is 131 Å². The molecule has 0 aromatic rings. The first-order valence-electron chi connectivity index (χ1n) is 1.34. The van der Waals surface area contributed by atoms with Crippen LogP contribution in [0.5, 0.6) is 0 Å². The second-order valence-electron chi connectivity index (χ2n) is 0. The van der Waals surface area contributed by atoms with E-state index >= 15 is 0 Å². The molecule has 0 amide bonds. The van der Waals surface area contributed by atoms with Gasteiger partial charge in [-0.2, -0.15) is 0 Å². The van der Waals surface area contributed by atoms with Crippen LogP contribution in [0.15, 0.2) is 0 Å². The van der Waals surface area contributed by atoms with E-state index in [1.807, 2.05) is 0 Å². The van der Waals surface area contributed by atoms with Crippen LogP contribution in [0.3, 0.4) is 0 Å². The van der Waals surface area contributed by atoms with E-state index in [-0.39, 0.29) is 60.5 Å². The van der Waals surface area contributed by atoms with Gasteiger partial charge in [0.2, 0.25) is 0 Å². The van der Waals surface area contributed by atoms with E-state index in [2.05, 4.69) is 0 Å². The molecule has 15 heavy (non-hydrogen) atoms. The molecule has 0 aromatic heterocycles. The van der Waals surface area contributed by atoms with Gasteiger partial charge in [-0.25, -0.2) is 0 Å². The van der Waals surface area contributed by atoms with Crippen molar-refractivity contribution in [2.24, 2.45) is 0 Å². The SMILES string of the molecule is Cl.[C-]#N.[C-]#N.[C-]#N.[C-]#N.[C-]#N.[C-]#N.[Fe+6].[H-].[Na+]. The maximum atomic E-state index is 6.25. The number of nitrogens with zero attached hydrogens (tertiary/aromatic N) is 6. The van der Waals surface area contributed by atoms with E-state index in [0.29, 0.717) is 0 Å². The van der Waals surface area contributed by atoms with Crippen molar-refractivity contribution in [3.63, 3.8) is 0 Å². The number of halogens is 1. The summed E-state index contributed by atoms with van der Waals surface area (Å²) >= 11 is 0. The Morgan fingerprint density at radius 3 is 0.467 bits per heavy atom. The Morgan fingerprint density at radius 1 is 0.467 bits per heavy atom. The zero-order valence-corrected chi connectivity index (χ0v) is 11.4. The van der Waals surface area contributed by atoms with Gasteiger partial charge in [0.05, 0.1) is 0 Å². The Bertz CT molecular complexity index is 108.